The number of halogens is 1. The molecule has 0 bridgehead atoms. The van der Waals surface area contributed by atoms with Gasteiger partial charge in [-0.1, -0.05) is 23.9 Å². The first-order valence-electron chi connectivity index (χ1n) is 8.07. The van der Waals surface area contributed by atoms with Gasteiger partial charge in [-0.15, -0.1) is 10.2 Å². The van der Waals surface area contributed by atoms with Gasteiger partial charge >= 0.3 is 0 Å². The Kier molecular flexibility index (Phi) is 5.96. The molecule has 0 spiro atoms. The van der Waals surface area contributed by atoms with Crippen LogP contribution in [0.2, 0.25) is 0 Å². The molecule has 0 saturated carbocycles. The minimum absolute atomic E-state index is 0.0805. The lowest BCUT2D eigenvalue weighted by Crippen LogP contribution is -2.27. The summed E-state index contributed by atoms with van der Waals surface area (Å²) in [6.45, 7) is 0.505. The lowest BCUT2D eigenvalue weighted by atomic mass is 10.1. The van der Waals surface area contributed by atoms with Crippen LogP contribution in [0.1, 0.15) is 5.56 Å². The second-order valence-corrected chi connectivity index (χ2v) is 6.56. The number of nitrogens with one attached hydrogen (secondary N) is 1. The van der Waals surface area contributed by atoms with Crippen LogP contribution in [0.25, 0.3) is 11.4 Å². The van der Waals surface area contributed by atoms with E-state index in [-0.39, 0.29) is 17.5 Å². The summed E-state index contributed by atoms with van der Waals surface area (Å²) in [5.41, 5.74) is 1.85. The molecule has 0 radical (unpaired) electrons. The zero-order valence-electron chi connectivity index (χ0n) is 14.2. The van der Waals surface area contributed by atoms with E-state index in [4.69, 9.17) is 0 Å². The Hall–Kier alpha value is -2.74. The first kappa shape index (κ1) is 18.1. The molecule has 0 unspecified atom stereocenters. The summed E-state index contributed by atoms with van der Waals surface area (Å²) in [6, 6.07) is 10.0. The largest absolute Gasteiger partial charge is 0.355 e. The second-order valence-electron chi connectivity index (χ2n) is 5.62. The number of rotatable bonds is 7. The van der Waals surface area contributed by atoms with Gasteiger partial charge in [0.2, 0.25) is 5.91 Å². The van der Waals surface area contributed by atoms with E-state index in [1.54, 1.807) is 24.5 Å². The van der Waals surface area contributed by atoms with Crippen LogP contribution >= 0.6 is 11.8 Å². The molecule has 134 valence electrons. The first-order chi connectivity index (χ1) is 12.6. The summed E-state index contributed by atoms with van der Waals surface area (Å²) in [5, 5.41) is 11.8. The van der Waals surface area contributed by atoms with E-state index in [1.807, 2.05) is 23.7 Å². The van der Waals surface area contributed by atoms with Crippen molar-refractivity contribution in [3.05, 3.63) is 60.2 Å². The Bertz CT molecular complexity index is 867. The monoisotopic (exact) mass is 371 g/mol. The predicted molar refractivity (Wildman–Crippen MR) is 98.1 cm³/mol. The predicted octanol–water partition coefficient (Wildman–Crippen LogP) is 2.47. The Morgan fingerprint density at radius 1 is 1.23 bits per heavy atom. The highest BCUT2D eigenvalue weighted by Gasteiger charge is 2.12. The maximum Gasteiger partial charge on any atom is 0.230 e. The van der Waals surface area contributed by atoms with Gasteiger partial charge in [-0.05, 0) is 36.2 Å². The third-order valence-electron chi connectivity index (χ3n) is 3.74. The van der Waals surface area contributed by atoms with Crippen LogP contribution in [0.3, 0.4) is 0 Å². The molecule has 26 heavy (non-hydrogen) atoms. The molecule has 0 aliphatic carbocycles. The molecule has 0 aliphatic heterocycles. The second kappa shape index (κ2) is 8.57. The van der Waals surface area contributed by atoms with Gasteiger partial charge in [0.05, 0.1) is 5.75 Å². The fraction of sp³-hybridized carbons (Fsp3) is 0.222. The standard InChI is InChI=1S/C18H18FN5OS/c1-24-17(14-3-2-9-20-11-14)22-23-18(24)26-12-16(25)21-10-8-13-4-6-15(19)7-5-13/h2-7,9,11H,8,10,12H2,1H3,(H,21,25). The summed E-state index contributed by atoms with van der Waals surface area (Å²) in [4.78, 5) is 16.1. The summed E-state index contributed by atoms with van der Waals surface area (Å²) in [5.74, 6) is 0.617. The number of hydrogen-bond acceptors (Lipinski definition) is 5. The Labute approximate surface area is 154 Å². The molecular weight excluding hydrogens is 353 g/mol. The highest BCUT2D eigenvalue weighted by Crippen LogP contribution is 2.21. The SMILES string of the molecule is Cn1c(SCC(=O)NCCc2ccc(F)cc2)nnc1-c1cccnc1. The van der Waals surface area contributed by atoms with Crippen LogP contribution in [0, 0.1) is 5.82 Å². The van der Waals surface area contributed by atoms with E-state index >= 15 is 0 Å². The Morgan fingerprint density at radius 3 is 2.77 bits per heavy atom. The lowest BCUT2D eigenvalue weighted by Gasteiger charge is -2.06. The average molecular weight is 371 g/mol. The molecular formula is C18H18FN5OS. The average Bonchev–Trinajstić information content (AvgIpc) is 3.03. The van der Waals surface area contributed by atoms with Crippen molar-refractivity contribution in [1.29, 1.82) is 0 Å². The van der Waals surface area contributed by atoms with Gasteiger partial charge in [0, 0.05) is 31.5 Å². The van der Waals surface area contributed by atoms with Crippen molar-refractivity contribution in [3.8, 4) is 11.4 Å². The molecule has 1 amide bonds. The molecule has 0 saturated heterocycles. The molecule has 8 heteroatoms. The van der Waals surface area contributed by atoms with E-state index in [2.05, 4.69) is 20.5 Å². The van der Waals surface area contributed by atoms with Gasteiger partial charge in [0.1, 0.15) is 5.82 Å². The number of hydrogen-bond donors (Lipinski definition) is 1. The van der Waals surface area contributed by atoms with E-state index in [9.17, 15) is 9.18 Å². The zero-order valence-corrected chi connectivity index (χ0v) is 15.0. The van der Waals surface area contributed by atoms with Gasteiger partial charge < -0.3 is 9.88 Å². The van der Waals surface area contributed by atoms with E-state index in [0.717, 1.165) is 11.1 Å². The maximum absolute atomic E-state index is 12.9. The molecule has 3 rings (SSSR count). The topological polar surface area (TPSA) is 72.7 Å². The highest BCUT2D eigenvalue weighted by molar-refractivity contribution is 7.99. The van der Waals surface area contributed by atoms with Gasteiger partial charge in [0.25, 0.3) is 0 Å². The van der Waals surface area contributed by atoms with Gasteiger partial charge in [0.15, 0.2) is 11.0 Å². The first-order valence-corrected chi connectivity index (χ1v) is 9.06. The molecule has 1 N–H and O–H groups in total. The van der Waals surface area contributed by atoms with Crippen molar-refractivity contribution in [1.82, 2.24) is 25.1 Å². The molecule has 0 fully saturated rings. The quantitative estimate of drug-likeness (QED) is 0.646. The minimum Gasteiger partial charge on any atom is -0.355 e. The van der Waals surface area contributed by atoms with Crippen LogP contribution < -0.4 is 5.32 Å². The minimum atomic E-state index is -0.261. The van der Waals surface area contributed by atoms with Crippen LogP contribution in [0.4, 0.5) is 4.39 Å². The number of aromatic nitrogens is 4. The van der Waals surface area contributed by atoms with Crippen LogP contribution in [-0.2, 0) is 18.3 Å². The van der Waals surface area contributed by atoms with Crippen LogP contribution in [-0.4, -0.2) is 38.0 Å². The zero-order chi connectivity index (χ0) is 18.4. The van der Waals surface area contributed by atoms with Crippen molar-refractivity contribution in [2.24, 2.45) is 7.05 Å². The van der Waals surface area contributed by atoms with Crippen LogP contribution in [0.15, 0.2) is 53.9 Å². The van der Waals surface area contributed by atoms with Crippen molar-refractivity contribution >= 4 is 17.7 Å². The van der Waals surface area contributed by atoms with Crippen molar-refractivity contribution in [3.63, 3.8) is 0 Å². The number of pyridine rings is 1. The molecule has 0 atom stereocenters. The maximum atomic E-state index is 12.9. The molecule has 1 aromatic carbocycles. The molecule has 0 aliphatic rings. The number of carbonyl (C=O) groups is 1. The summed E-state index contributed by atoms with van der Waals surface area (Å²) in [6.07, 6.45) is 4.08. The number of nitrogens with zero attached hydrogens (tertiary/aromatic N) is 4. The normalized spacial score (nSPS) is 10.7. The summed E-state index contributed by atoms with van der Waals surface area (Å²) < 4.78 is 14.7. The fourth-order valence-electron chi connectivity index (χ4n) is 2.37. The van der Waals surface area contributed by atoms with Gasteiger partial charge in [-0.2, -0.15) is 0 Å². The number of thioether (sulfide) groups is 1. The number of carbonyl (C=O) groups excluding carboxylic acids is 1. The van der Waals surface area contributed by atoms with E-state index < -0.39 is 0 Å². The summed E-state index contributed by atoms with van der Waals surface area (Å²) in [7, 11) is 1.86. The Morgan fingerprint density at radius 2 is 2.04 bits per heavy atom. The number of amides is 1. The smallest absolute Gasteiger partial charge is 0.230 e. The van der Waals surface area contributed by atoms with E-state index in [0.29, 0.717) is 23.9 Å². The molecule has 2 heterocycles. The van der Waals surface area contributed by atoms with Crippen LogP contribution in [0.5, 0.6) is 0 Å². The summed E-state index contributed by atoms with van der Waals surface area (Å²) >= 11 is 1.33. The molecule has 6 nitrogen and oxygen atoms in total. The van der Waals surface area contributed by atoms with Crippen molar-refractivity contribution in [2.45, 2.75) is 11.6 Å². The third-order valence-corrected chi connectivity index (χ3v) is 4.76. The third kappa shape index (κ3) is 4.66. The van der Waals surface area contributed by atoms with Gasteiger partial charge in [-0.25, -0.2) is 4.39 Å². The molecule has 3 aromatic rings. The highest BCUT2D eigenvalue weighted by atomic mass is 32.2. The fourth-order valence-corrected chi connectivity index (χ4v) is 3.11. The van der Waals surface area contributed by atoms with Crippen molar-refractivity contribution in [2.75, 3.05) is 12.3 Å². The van der Waals surface area contributed by atoms with E-state index in [1.165, 1.54) is 23.9 Å². The molecule has 2 aromatic heterocycles. The lowest BCUT2D eigenvalue weighted by molar-refractivity contribution is -0.118. The van der Waals surface area contributed by atoms with Crippen molar-refractivity contribution < 1.29 is 9.18 Å². The Balaban J connectivity index is 1.47. The van der Waals surface area contributed by atoms with Gasteiger partial charge in [-0.3, -0.25) is 9.78 Å². The number of benzene rings is 1.